The minimum absolute atomic E-state index is 0.0728. The fourth-order valence-corrected chi connectivity index (χ4v) is 2.48. The molecule has 1 aliphatic rings. The number of ketones is 1. The number of benzene rings is 1. The van der Waals surface area contributed by atoms with Gasteiger partial charge in [0.15, 0.2) is 5.78 Å². The second kappa shape index (κ2) is 6.40. The molecule has 1 fully saturated rings. The van der Waals surface area contributed by atoms with E-state index in [2.05, 4.69) is 4.90 Å². The molecule has 1 saturated heterocycles. The van der Waals surface area contributed by atoms with Gasteiger partial charge in [0.1, 0.15) is 5.75 Å². The Kier molecular flexibility index (Phi) is 4.83. The van der Waals surface area contributed by atoms with Crippen LogP contribution in [-0.2, 0) is 0 Å². The van der Waals surface area contributed by atoms with E-state index in [1.165, 1.54) is 12.8 Å². The minimum Gasteiger partial charge on any atom is -0.489 e. The molecule has 0 N–H and O–H groups in total. The summed E-state index contributed by atoms with van der Waals surface area (Å²) in [7, 11) is 0. The molecule has 0 aliphatic carbocycles. The van der Waals surface area contributed by atoms with Crippen LogP contribution in [0.25, 0.3) is 0 Å². The molecule has 0 unspecified atom stereocenters. The molecule has 0 atom stereocenters. The van der Waals surface area contributed by atoms with E-state index < -0.39 is 0 Å². The summed E-state index contributed by atoms with van der Waals surface area (Å²) in [6, 6.07) is 5.28. The smallest absolute Gasteiger partial charge is 0.176 e. The Morgan fingerprint density at radius 3 is 2.63 bits per heavy atom. The van der Waals surface area contributed by atoms with Crippen molar-refractivity contribution in [3.63, 3.8) is 0 Å². The molecule has 1 aromatic carbocycles. The summed E-state index contributed by atoms with van der Waals surface area (Å²) >= 11 is 6.14. The van der Waals surface area contributed by atoms with Crippen molar-refractivity contribution in [2.45, 2.75) is 32.8 Å². The normalized spacial score (nSPS) is 16.0. The maximum atomic E-state index is 12.1. The van der Waals surface area contributed by atoms with Crippen LogP contribution in [0.2, 0.25) is 5.02 Å². The van der Waals surface area contributed by atoms with E-state index in [9.17, 15) is 4.79 Å². The van der Waals surface area contributed by atoms with E-state index in [4.69, 9.17) is 16.3 Å². The van der Waals surface area contributed by atoms with Gasteiger partial charge in [-0.2, -0.15) is 0 Å². The quantitative estimate of drug-likeness (QED) is 0.775. The first-order valence-corrected chi connectivity index (χ1v) is 7.16. The monoisotopic (exact) mass is 281 g/mol. The highest BCUT2D eigenvalue weighted by Gasteiger charge is 2.17. The average molecular weight is 282 g/mol. The van der Waals surface area contributed by atoms with E-state index in [-0.39, 0.29) is 11.9 Å². The summed E-state index contributed by atoms with van der Waals surface area (Å²) in [4.78, 5) is 14.3. The van der Waals surface area contributed by atoms with Crippen LogP contribution in [0.15, 0.2) is 18.2 Å². The molecule has 1 heterocycles. The Morgan fingerprint density at radius 2 is 2.05 bits per heavy atom. The fourth-order valence-electron chi connectivity index (χ4n) is 2.26. The summed E-state index contributed by atoms with van der Waals surface area (Å²) in [6.07, 6.45) is 2.45. The van der Waals surface area contributed by atoms with Crippen LogP contribution in [-0.4, -0.2) is 36.4 Å². The number of nitrogens with zero attached hydrogens (tertiary/aromatic N) is 1. The maximum absolute atomic E-state index is 12.1. The molecule has 1 aromatic rings. The average Bonchev–Trinajstić information content (AvgIpc) is 2.84. The van der Waals surface area contributed by atoms with Crippen molar-refractivity contribution in [1.29, 1.82) is 0 Å². The van der Waals surface area contributed by atoms with E-state index in [0.29, 0.717) is 22.9 Å². The lowest BCUT2D eigenvalue weighted by atomic mass is 10.1. The summed E-state index contributed by atoms with van der Waals surface area (Å²) in [5, 5.41) is 0.501. The highest BCUT2D eigenvalue weighted by atomic mass is 35.5. The van der Waals surface area contributed by atoms with Gasteiger partial charge in [-0.25, -0.2) is 0 Å². The predicted molar refractivity (Wildman–Crippen MR) is 77.2 cm³/mol. The van der Waals surface area contributed by atoms with E-state index >= 15 is 0 Å². The molecular weight excluding hydrogens is 262 g/mol. The fraction of sp³-hybridized carbons (Fsp3) is 0.533. The highest BCUT2D eigenvalue weighted by molar-refractivity contribution is 6.32. The first kappa shape index (κ1) is 14.4. The van der Waals surface area contributed by atoms with Crippen molar-refractivity contribution in [3.8, 4) is 5.75 Å². The standard InChI is InChI=1S/C15H20ClNO2/c1-11(2)19-15-6-5-12(9-13(15)16)14(18)10-17-7-3-4-8-17/h5-6,9,11H,3-4,7-8,10H2,1-2H3. The number of ether oxygens (including phenoxy) is 1. The molecule has 0 saturated carbocycles. The van der Waals surface area contributed by atoms with Gasteiger partial charge in [-0.3, -0.25) is 9.69 Å². The second-order valence-corrected chi connectivity index (χ2v) is 5.63. The maximum Gasteiger partial charge on any atom is 0.176 e. The lowest BCUT2D eigenvalue weighted by Gasteiger charge is -2.15. The van der Waals surface area contributed by atoms with Gasteiger partial charge in [0.25, 0.3) is 0 Å². The molecule has 19 heavy (non-hydrogen) atoms. The van der Waals surface area contributed by atoms with Crippen LogP contribution >= 0.6 is 11.6 Å². The van der Waals surface area contributed by atoms with Gasteiger partial charge >= 0.3 is 0 Å². The summed E-state index contributed by atoms with van der Waals surface area (Å²) in [5.74, 6) is 0.759. The Hall–Kier alpha value is -1.06. The van der Waals surface area contributed by atoms with Crippen LogP contribution in [0.5, 0.6) is 5.75 Å². The number of hydrogen-bond donors (Lipinski definition) is 0. The molecule has 2 rings (SSSR count). The van der Waals surface area contributed by atoms with Gasteiger partial charge in [-0.15, -0.1) is 0 Å². The highest BCUT2D eigenvalue weighted by Crippen LogP contribution is 2.26. The first-order chi connectivity index (χ1) is 9.06. The number of carbonyl (C=O) groups is 1. The number of hydrogen-bond acceptors (Lipinski definition) is 3. The van der Waals surface area contributed by atoms with Crippen molar-refractivity contribution < 1.29 is 9.53 Å². The van der Waals surface area contributed by atoms with Crippen LogP contribution in [0.1, 0.15) is 37.0 Å². The second-order valence-electron chi connectivity index (χ2n) is 5.22. The molecule has 0 radical (unpaired) electrons. The third-order valence-electron chi connectivity index (χ3n) is 3.18. The zero-order valence-corrected chi connectivity index (χ0v) is 12.2. The topological polar surface area (TPSA) is 29.5 Å². The van der Waals surface area contributed by atoms with Crippen molar-refractivity contribution in [2.24, 2.45) is 0 Å². The zero-order chi connectivity index (χ0) is 13.8. The Morgan fingerprint density at radius 1 is 1.37 bits per heavy atom. The van der Waals surface area contributed by atoms with Gasteiger partial charge in [-0.05, 0) is 58.0 Å². The van der Waals surface area contributed by atoms with Gasteiger partial charge in [-0.1, -0.05) is 11.6 Å². The number of likely N-dealkylation sites (tertiary alicyclic amines) is 1. The van der Waals surface area contributed by atoms with E-state index in [1.807, 2.05) is 13.8 Å². The Bertz CT molecular complexity index is 453. The van der Waals surface area contributed by atoms with Crippen LogP contribution in [0.4, 0.5) is 0 Å². The van der Waals surface area contributed by atoms with Crippen LogP contribution in [0.3, 0.4) is 0 Å². The zero-order valence-electron chi connectivity index (χ0n) is 11.5. The molecule has 4 heteroatoms. The first-order valence-electron chi connectivity index (χ1n) is 6.78. The van der Waals surface area contributed by atoms with Crippen molar-refractivity contribution >= 4 is 17.4 Å². The lowest BCUT2D eigenvalue weighted by Crippen LogP contribution is -2.26. The molecule has 0 amide bonds. The van der Waals surface area contributed by atoms with Crippen LogP contribution in [0, 0.1) is 0 Å². The molecule has 0 bridgehead atoms. The van der Waals surface area contributed by atoms with Crippen molar-refractivity contribution in [3.05, 3.63) is 28.8 Å². The number of Topliss-reactive ketones (excluding diaryl/α,β-unsaturated/α-hetero) is 1. The van der Waals surface area contributed by atoms with Gasteiger partial charge in [0.05, 0.1) is 17.7 Å². The van der Waals surface area contributed by atoms with E-state index in [0.717, 1.165) is 13.1 Å². The largest absolute Gasteiger partial charge is 0.489 e. The molecule has 104 valence electrons. The summed E-state index contributed by atoms with van der Waals surface area (Å²) in [5.41, 5.74) is 0.660. The van der Waals surface area contributed by atoms with Crippen molar-refractivity contribution in [1.82, 2.24) is 4.90 Å². The molecule has 0 aromatic heterocycles. The molecule has 1 aliphatic heterocycles. The minimum atomic E-state index is 0.0728. The van der Waals surface area contributed by atoms with Gasteiger partial charge < -0.3 is 4.74 Å². The SMILES string of the molecule is CC(C)Oc1ccc(C(=O)CN2CCCC2)cc1Cl. The van der Waals surface area contributed by atoms with Crippen molar-refractivity contribution in [2.75, 3.05) is 19.6 Å². The molecule has 3 nitrogen and oxygen atoms in total. The number of carbonyl (C=O) groups excluding carboxylic acids is 1. The molecular formula is C15H20ClNO2. The van der Waals surface area contributed by atoms with Gasteiger partial charge in [0, 0.05) is 5.56 Å². The van der Waals surface area contributed by atoms with E-state index in [1.54, 1.807) is 18.2 Å². The Labute approximate surface area is 119 Å². The number of halogens is 1. The number of rotatable bonds is 5. The third kappa shape index (κ3) is 3.95. The third-order valence-corrected chi connectivity index (χ3v) is 3.48. The molecule has 0 spiro atoms. The summed E-state index contributed by atoms with van der Waals surface area (Å²) < 4.78 is 5.56. The van der Waals surface area contributed by atoms with Crippen LogP contribution < -0.4 is 4.74 Å². The Balaban J connectivity index is 2.03. The predicted octanol–water partition coefficient (Wildman–Crippen LogP) is 3.41. The lowest BCUT2D eigenvalue weighted by molar-refractivity contribution is 0.0945. The van der Waals surface area contributed by atoms with Gasteiger partial charge in [0.2, 0.25) is 0 Å². The summed E-state index contributed by atoms with van der Waals surface area (Å²) in [6.45, 7) is 6.42.